The summed E-state index contributed by atoms with van der Waals surface area (Å²) in [6.07, 6.45) is -3.55. The number of halogens is 3. The van der Waals surface area contributed by atoms with Crippen LogP contribution in [0, 0.1) is 5.92 Å². The Bertz CT molecular complexity index is 391. The fraction of sp³-hybridized carbons (Fsp3) is 0.846. The van der Waals surface area contributed by atoms with E-state index < -0.39 is 36.7 Å². The minimum absolute atomic E-state index is 0.294. The van der Waals surface area contributed by atoms with Gasteiger partial charge in [-0.1, -0.05) is 6.92 Å². The fourth-order valence-electron chi connectivity index (χ4n) is 2.34. The highest BCUT2D eigenvalue weighted by atomic mass is 19.4. The number of urea groups is 1. The third kappa shape index (κ3) is 5.09. The summed E-state index contributed by atoms with van der Waals surface area (Å²) < 4.78 is 36.4. The van der Waals surface area contributed by atoms with Crippen LogP contribution in [0.3, 0.4) is 0 Å². The van der Waals surface area contributed by atoms with E-state index in [1.165, 1.54) is 7.05 Å². The standard InChI is InChI=1S/C13H21F3N2O3/c1-9-3-5-12(6-4-9,10(19)20)17-11(21)18(2)8-7-13(14,15)16/h9H,3-8H2,1-2H3,(H,17,21)(H,19,20). The van der Waals surface area contributed by atoms with E-state index in [1.807, 2.05) is 6.92 Å². The van der Waals surface area contributed by atoms with Gasteiger partial charge < -0.3 is 15.3 Å². The molecule has 2 amide bonds. The van der Waals surface area contributed by atoms with Gasteiger partial charge in [0.1, 0.15) is 5.54 Å². The van der Waals surface area contributed by atoms with Crippen LogP contribution in [0.25, 0.3) is 0 Å². The molecule has 1 saturated carbocycles. The highest BCUT2D eigenvalue weighted by Gasteiger charge is 2.43. The highest BCUT2D eigenvalue weighted by Crippen LogP contribution is 2.32. The van der Waals surface area contributed by atoms with Gasteiger partial charge in [-0.2, -0.15) is 13.2 Å². The van der Waals surface area contributed by atoms with E-state index >= 15 is 0 Å². The molecule has 1 aliphatic rings. The van der Waals surface area contributed by atoms with Crippen LogP contribution in [-0.2, 0) is 4.79 Å². The zero-order valence-corrected chi connectivity index (χ0v) is 12.2. The van der Waals surface area contributed by atoms with Crippen molar-refractivity contribution in [1.29, 1.82) is 0 Å². The maximum absolute atomic E-state index is 12.1. The van der Waals surface area contributed by atoms with E-state index in [0.717, 1.165) is 4.90 Å². The summed E-state index contributed by atoms with van der Waals surface area (Å²) in [6, 6.07) is -0.781. The van der Waals surface area contributed by atoms with Gasteiger partial charge in [0.05, 0.1) is 6.42 Å². The molecule has 0 aromatic heterocycles. The first-order valence-electron chi connectivity index (χ1n) is 6.89. The lowest BCUT2D eigenvalue weighted by Crippen LogP contribution is -2.58. The summed E-state index contributed by atoms with van der Waals surface area (Å²) in [4.78, 5) is 24.2. The Hall–Kier alpha value is -1.47. The second-order valence-electron chi connectivity index (χ2n) is 5.79. The number of carboxylic acid groups (broad SMARTS) is 1. The summed E-state index contributed by atoms with van der Waals surface area (Å²) in [7, 11) is 1.22. The fourth-order valence-corrected chi connectivity index (χ4v) is 2.34. The van der Waals surface area contributed by atoms with Crippen molar-refractivity contribution < 1.29 is 27.9 Å². The van der Waals surface area contributed by atoms with Crippen molar-refractivity contribution >= 4 is 12.0 Å². The van der Waals surface area contributed by atoms with E-state index in [-0.39, 0.29) is 0 Å². The lowest BCUT2D eigenvalue weighted by molar-refractivity contribution is -0.146. The van der Waals surface area contributed by atoms with Crippen LogP contribution in [-0.4, -0.2) is 47.3 Å². The normalized spacial score (nSPS) is 26.2. The number of carbonyl (C=O) groups is 2. The van der Waals surface area contributed by atoms with Crippen molar-refractivity contribution in [3.63, 3.8) is 0 Å². The highest BCUT2D eigenvalue weighted by molar-refractivity contribution is 5.86. The van der Waals surface area contributed by atoms with Crippen LogP contribution in [0.2, 0.25) is 0 Å². The number of amides is 2. The minimum Gasteiger partial charge on any atom is -0.480 e. The van der Waals surface area contributed by atoms with Gasteiger partial charge in [-0.05, 0) is 31.6 Å². The molecule has 0 saturated heterocycles. The molecule has 0 spiro atoms. The molecule has 0 aromatic carbocycles. The predicted molar refractivity (Wildman–Crippen MR) is 69.8 cm³/mol. The lowest BCUT2D eigenvalue weighted by atomic mass is 9.77. The summed E-state index contributed by atoms with van der Waals surface area (Å²) >= 11 is 0. The maximum Gasteiger partial charge on any atom is 0.390 e. The minimum atomic E-state index is -4.35. The average molecular weight is 310 g/mol. The lowest BCUT2D eigenvalue weighted by Gasteiger charge is -2.37. The first kappa shape index (κ1) is 17.6. The number of nitrogens with one attached hydrogen (secondary N) is 1. The molecule has 1 rings (SSSR count). The molecule has 1 aliphatic carbocycles. The van der Waals surface area contributed by atoms with Crippen molar-refractivity contribution in [3.8, 4) is 0 Å². The van der Waals surface area contributed by atoms with Crippen molar-refractivity contribution in [2.24, 2.45) is 5.92 Å². The van der Waals surface area contributed by atoms with Gasteiger partial charge in [0.25, 0.3) is 0 Å². The van der Waals surface area contributed by atoms with Gasteiger partial charge in [-0.25, -0.2) is 9.59 Å². The van der Waals surface area contributed by atoms with Crippen molar-refractivity contribution in [2.75, 3.05) is 13.6 Å². The number of rotatable bonds is 4. The van der Waals surface area contributed by atoms with Crippen LogP contribution >= 0.6 is 0 Å². The van der Waals surface area contributed by atoms with Crippen LogP contribution in [0.5, 0.6) is 0 Å². The summed E-state index contributed by atoms with van der Waals surface area (Å²) in [5, 5.41) is 11.8. The van der Waals surface area contributed by atoms with Gasteiger partial charge in [0, 0.05) is 13.6 Å². The van der Waals surface area contributed by atoms with E-state index in [0.29, 0.717) is 31.6 Å². The van der Waals surface area contributed by atoms with Crippen LogP contribution < -0.4 is 5.32 Å². The van der Waals surface area contributed by atoms with E-state index in [4.69, 9.17) is 0 Å². The average Bonchev–Trinajstić information content (AvgIpc) is 2.37. The van der Waals surface area contributed by atoms with Crippen LogP contribution in [0.4, 0.5) is 18.0 Å². The van der Waals surface area contributed by atoms with Crippen LogP contribution in [0.1, 0.15) is 39.0 Å². The molecule has 0 aromatic rings. The largest absolute Gasteiger partial charge is 0.480 e. The van der Waals surface area contributed by atoms with Gasteiger partial charge in [0.2, 0.25) is 0 Å². The van der Waals surface area contributed by atoms with Gasteiger partial charge in [-0.3, -0.25) is 0 Å². The van der Waals surface area contributed by atoms with Crippen molar-refractivity contribution in [3.05, 3.63) is 0 Å². The quantitative estimate of drug-likeness (QED) is 0.838. The Kier molecular flexibility index (Phi) is 5.47. The Morgan fingerprint density at radius 2 is 1.86 bits per heavy atom. The molecular formula is C13H21F3N2O3. The number of hydrogen-bond acceptors (Lipinski definition) is 2. The summed E-state index contributed by atoms with van der Waals surface area (Å²) in [6.45, 7) is 1.50. The monoisotopic (exact) mass is 310 g/mol. The summed E-state index contributed by atoms with van der Waals surface area (Å²) in [5.41, 5.74) is -1.36. The zero-order valence-electron chi connectivity index (χ0n) is 12.2. The number of hydrogen-bond donors (Lipinski definition) is 2. The van der Waals surface area contributed by atoms with Crippen LogP contribution in [0.15, 0.2) is 0 Å². The molecular weight excluding hydrogens is 289 g/mol. The summed E-state index contributed by atoms with van der Waals surface area (Å²) in [5.74, 6) is -0.746. The maximum atomic E-state index is 12.1. The number of aliphatic carboxylic acids is 1. The molecule has 0 atom stereocenters. The first-order valence-corrected chi connectivity index (χ1v) is 6.89. The Morgan fingerprint density at radius 1 is 1.33 bits per heavy atom. The van der Waals surface area contributed by atoms with Crippen molar-refractivity contribution in [1.82, 2.24) is 10.2 Å². The second kappa shape index (κ2) is 6.53. The molecule has 0 bridgehead atoms. The number of carbonyl (C=O) groups excluding carboxylic acids is 1. The predicted octanol–water partition coefficient (Wildman–Crippen LogP) is 2.61. The van der Waals surface area contributed by atoms with Crippen molar-refractivity contribution in [2.45, 2.75) is 50.7 Å². The topological polar surface area (TPSA) is 69.6 Å². The third-order valence-corrected chi connectivity index (χ3v) is 3.96. The molecule has 0 unspecified atom stereocenters. The van der Waals surface area contributed by atoms with Gasteiger partial charge in [-0.15, -0.1) is 0 Å². The third-order valence-electron chi connectivity index (χ3n) is 3.96. The molecule has 1 fully saturated rings. The molecule has 21 heavy (non-hydrogen) atoms. The van der Waals surface area contributed by atoms with E-state index in [9.17, 15) is 27.9 Å². The zero-order chi connectivity index (χ0) is 16.3. The Balaban J connectivity index is 2.63. The molecule has 0 aliphatic heterocycles. The Morgan fingerprint density at radius 3 is 2.29 bits per heavy atom. The molecule has 5 nitrogen and oxygen atoms in total. The van der Waals surface area contributed by atoms with Gasteiger partial charge in [0.15, 0.2) is 0 Å². The molecule has 2 N–H and O–H groups in total. The number of alkyl halides is 3. The van der Waals surface area contributed by atoms with Gasteiger partial charge >= 0.3 is 18.2 Å². The first-order chi connectivity index (χ1) is 9.56. The molecule has 122 valence electrons. The SMILES string of the molecule is CC1CCC(NC(=O)N(C)CCC(F)(F)F)(C(=O)O)CC1. The number of carboxylic acids is 1. The molecule has 0 heterocycles. The second-order valence-corrected chi connectivity index (χ2v) is 5.79. The molecule has 0 radical (unpaired) electrons. The number of nitrogens with zero attached hydrogens (tertiary/aromatic N) is 1. The Labute approximate surface area is 121 Å². The van der Waals surface area contributed by atoms with E-state index in [2.05, 4.69) is 5.32 Å². The smallest absolute Gasteiger partial charge is 0.390 e. The van der Waals surface area contributed by atoms with E-state index in [1.54, 1.807) is 0 Å². The molecule has 8 heteroatoms.